The molecule has 2 heteroatoms. The number of allylic oxidation sites excluding steroid dienone is 4. The molecule has 3 atom stereocenters. The van der Waals surface area contributed by atoms with E-state index in [2.05, 4.69) is 45.9 Å². The van der Waals surface area contributed by atoms with Gasteiger partial charge in [0, 0.05) is 16.9 Å². The summed E-state index contributed by atoms with van der Waals surface area (Å²) in [6, 6.07) is 3.93. The third-order valence-electron chi connectivity index (χ3n) is 8.47. The minimum atomic E-state index is -0.0274. The van der Waals surface area contributed by atoms with E-state index < -0.39 is 0 Å². The van der Waals surface area contributed by atoms with Gasteiger partial charge in [0.25, 0.3) is 0 Å². The second kappa shape index (κ2) is 7.52. The maximum absolute atomic E-state index is 11.1. The zero-order chi connectivity index (χ0) is 20.8. The molecule has 2 saturated carbocycles. The van der Waals surface area contributed by atoms with Crippen LogP contribution in [0.3, 0.4) is 0 Å². The van der Waals surface area contributed by atoms with Crippen LogP contribution in [0.15, 0.2) is 35.9 Å². The van der Waals surface area contributed by atoms with Crippen LogP contribution >= 0.6 is 0 Å². The quantitative estimate of drug-likeness (QED) is 0.391. The minimum Gasteiger partial charge on any atom is -0.507 e. The van der Waals surface area contributed by atoms with Gasteiger partial charge >= 0.3 is 0 Å². The highest BCUT2D eigenvalue weighted by atomic mass is 16.3. The number of unbranched alkanes of at least 4 members (excludes halogenated alkanes) is 2. The highest BCUT2D eigenvalue weighted by molar-refractivity contribution is 5.54. The summed E-state index contributed by atoms with van der Waals surface area (Å²) in [4.78, 5) is 0. The topological polar surface area (TPSA) is 40.5 Å². The SMILES string of the molecule is CCCCC=CC1(c2cc(O)c([C@@H]3C=C(C)[C@@H]4C[C@H]3C4(C)C)c(O)c2)CCCC1. The number of aromatic hydroxyl groups is 2. The van der Waals surface area contributed by atoms with Crippen molar-refractivity contribution < 1.29 is 10.2 Å². The summed E-state index contributed by atoms with van der Waals surface area (Å²) in [5.41, 5.74) is 3.46. The van der Waals surface area contributed by atoms with E-state index in [1.54, 1.807) is 0 Å². The van der Waals surface area contributed by atoms with Crippen LogP contribution in [-0.2, 0) is 5.41 Å². The van der Waals surface area contributed by atoms with Crippen molar-refractivity contribution in [1.82, 2.24) is 0 Å². The first-order valence-corrected chi connectivity index (χ1v) is 11.7. The van der Waals surface area contributed by atoms with E-state index in [1.807, 2.05) is 12.1 Å². The van der Waals surface area contributed by atoms with E-state index in [0.717, 1.165) is 30.4 Å². The molecule has 0 spiro atoms. The number of phenols is 2. The third kappa shape index (κ3) is 3.33. The Kier molecular flexibility index (Phi) is 5.34. The van der Waals surface area contributed by atoms with Gasteiger partial charge in [0.05, 0.1) is 0 Å². The molecular weight excluding hydrogens is 356 g/mol. The molecule has 0 amide bonds. The maximum atomic E-state index is 11.1. The average Bonchev–Trinajstić information content (AvgIpc) is 3.14. The van der Waals surface area contributed by atoms with Gasteiger partial charge in [-0.1, -0.05) is 70.3 Å². The molecule has 1 aromatic rings. The van der Waals surface area contributed by atoms with Crippen LogP contribution in [0.1, 0.15) is 96.1 Å². The van der Waals surface area contributed by atoms with Crippen LogP contribution < -0.4 is 0 Å². The van der Waals surface area contributed by atoms with E-state index in [-0.39, 0.29) is 28.2 Å². The Bertz CT molecular complexity index is 800. The summed E-state index contributed by atoms with van der Waals surface area (Å²) in [5.74, 6) is 1.83. The average molecular weight is 395 g/mol. The van der Waals surface area contributed by atoms with Gasteiger partial charge in [-0.3, -0.25) is 0 Å². The van der Waals surface area contributed by atoms with Crippen molar-refractivity contribution in [3.05, 3.63) is 47.1 Å². The summed E-state index contributed by atoms with van der Waals surface area (Å²) < 4.78 is 0. The lowest BCUT2D eigenvalue weighted by atomic mass is 9.45. The predicted molar refractivity (Wildman–Crippen MR) is 120 cm³/mol. The third-order valence-corrected chi connectivity index (χ3v) is 8.47. The molecule has 2 fully saturated rings. The monoisotopic (exact) mass is 394 g/mol. The number of hydrogen-bond donors (Lipinski definition) is 2. The summed E-state index contributed by atoms with van der Waals surface area (Å²) in [5, 5.41) is 22.2. The Morgan fingerprint density at radius 2 is 1.76 bits per heavy atom. The number of fused-ring (bicyclic) bond motifs is 1. The first-order valence-electron chi connectivity index (χ1n) is 11.7. The van der Waals surface area contributed by atoms with Gasteiger partial charge in [-0.15, -0.1) is 0 Å². The molecule has 2 N–H and O–H groups in total. The van der Waals surface area contributed by atoms with Crippen molar-refractivity contribution in [2.24, 2.45) is 17.3 Å². The van der Waals surface area contributed by atoms with E-state index >= 15 is 0 Å². The molecule has 0 heterocycles. The smallest absolute Gasteiger partial charge is 0.123 e. The van der Waals surface area contributed by atoms with E-state index in [1.165, 1.54) is 37.7 Å². The van der Waals surface area contributed by atoms with Gasteiger partial charge in [0.15, 0.2) is 0 Å². The van der Waals surface area contributed by atoms with E-state index in [9.17, 15) is 10.2 Å². The Balaban J connectivity index is 1.69. The Labute approximate surface area is 176 Å². The van der Waals surface area contributed by atoms with E-state index in [0.29, 0.717) is 11.8 Å². The highest BCUT2D eigenvalue weighted by Gasteiger charge is 2.55. The summed E-state index contributed by atoms with van der Waals surface area (Å²) in [6.45, 7) is 9.12. The molecule has 0 saturated heterocycles. The highest BCUT2D eigenvalue weighted by Crippen LogP contribution is 2.65. The van der Waals surface area contributed by atoms with Crippen LogP contribution in [-0.4, -0.2) is 10.2 Å². The molecule has 0 aromatic heterocycles. The van der Waals surface area contributed by atoms with Crippen LogP contribution in [0, 0.1) is 17.3 Å². The van der Waals surface area contributed by atoms with Gasteiger partial charge < -0.3 is 10.2 Å². The standard InChI is InChI=1S/C27H38O2/c1-5-6-7-8-11-27(12-9-10-13-27)19-15-23(28)25(24(29)16-19)20-14-18(2)21-17-22(20)26(21,3)4/h8,11,14-16,20-22,28-29H,5-7,9-10,12-13,17H2,1-4H3/t20-,21+,22-/m1/s1. The Hall–Kier alpha value is -1.70. The fourth-order valence-corrected chi connectivity index (χ4v) is 6.58. The largest absolute Gasteiger partial charge is 0.507 e. The van der Waals surface area contributed by atoms with Crippen molar-refractivity contribution in [3.63, 3.8) is 0 Å². The number of phenolic OH excluding ortho intramolecular Hbond substituents is 2. The molecule has 29 heavy (non-hydrogen) atoms. The van der Waals surface area contributed by atoms with Gasteiger partial charge in [0.2, 0.25) is 0 Å². The van der Waals surface area contributed by atoms with Gasteiger partial charge in [-0.05, 0) is 67.6 Å². The molecule has 4 aliphatic carbocycles. The van der Waals surface area contributed by atoms with Gasteiger partial charge in [-0.25, -0.2) is 0 Å². The molecule has 158 valence electrons. The molecule has 0 aliphatic heterocycles. The van der Waals surface area contributed by atoms with Crippen molar-refractivity contribution in [1.29, 1.82) is 0 Å². The van der Waals surface area contributed by atoms with Crippen LogP contribution in [0.25, 0.3) is 0 Å². The maximum Gasteiger partial charge on any atom is 0.123 e. The molecule has 4 aliphatic rings. The molecule has 0 radical (unpaired) electrons. The van der Waals surface area contributed by atoms with Crippen LogP contribution in [0.2, 0.25) is 0 Å². The first kappa shape index (κ1) is 20.6. The Morgan fingerprint density at radius 1 is 1.10 bits per heavy atom. The Morgan fingerprint density at radius 3 is 2.31 bits per heavy atom. The lowest BCUT2D eigenvalue weighted by Gasteiger charge is -2.59. The molecule has 2 nitrogen and oxygen atoms in total. The minimum absolute atomic E-state index is 0.0274. The van der Waals surface area contributed by atoms with Crippen molar-refractivity contribution in [2.45, 2.75) is 90.4 Å². The fourth-order valence-electron chi connectivity index (χ4n) is 6.58. The lowest BCUT2D eigenvalue weighted by Crippen LogP contribution is -2.50. The van der Waals surface area contributed by atoms with Gasteiger partial charge in [-0.2, -0.15) is 0 Å². The molecule has 5 rings (SSSR count). The van der Waals surface area contributed by atoms with Gasteiger partial charge in [0.1, 0.15) is 11.5 Å². The molecule has 0 unspecified atom stereocenters. The summed E-state index contributed by atoms with van der Waals surface area (Å²) in [7, 11) is 0. The predicted octanol–water partition coefficient (Wildman–Crippen LogP) is 7.36. The number of hydrogen-bond acceptors (Lipinski definition) is 2. The first-order chi connectivity index (χ1) is 13.8. The molecule has 2 bridgehead atoms. The molecular formula is C27H38O2. The van der Waals surface area contributed by atoms with Crippen LogP contribution in [0.5, 0.6) is 11.5 Å². The second-order valence-corrected chi connectivity index (χ2v) is 10.5. The number of benzene rings is 1. The lowest BCUT2D eigenvalue weighted by molar-refractivity contribution is -0.0198. The zero-order valence-electron chi connectivity index (χ0n) is 18.7. The van der Waals surface area contributed by atoms with Crippen molar-refractivity contribution in [3.8, 4) is 11.5 Å². The van der Waals surface area contributed by atoms with Crippen molar-refractivity contribution >= 4 is 0 Å². The van der Waals surface area contributed by atoms with E-state index in [4.69, 9.17) is 0 Å². The fraction of sp³-hybridized carbons (Fsp3) is 0.630. The number of rotatable bonds is 6. The second-order valence-electron chi connectivity index (χ2n) is 10.5. The zero-order valence-corrected chi connectivity index (χ0v) is 18.7. The normalized spacial score (nSPS) is 29.7. The van der Waals surface area contributed by atoms with Crippen LogP contribution in [0.4, 0.5) is 0 Å². The summed E-state index contributed by atoms with van der Waals surface area (Å²) in [6.07, 6.45) is 16.3. The summed E-state index contributed by atoms with van der Waals surface area (Å²) >= 11 is 0. The van der Waals surface area contributed by atoms with Crippen molar-refractivity contribution in [2.75, 3.05) is 0 Å². The molecule has 1 aromatic carbocycles.